The number of hydrogen-bond donors (Lipinski definition) is 0. The number of fused-ring (bicyclic) bond motifs is 1. The van der Waals surface area contributed by atoms with Crippen molar-refractivity contribution in [2.24, 2.45) is 4.99 Å². The van der Waals surface area contributed by atoms with Gasteiger partial charge < -0.3 is 14.4 Å². The van der Waals surface area contributed by atoms with Crippen molar-refractivity contribution in [1.29, 1.82) is 0 Å². The van der Waals surface area contributed by atoms with Crippen LogP contribution in [0, 0.1) is 0 Å². The van der Waals surface area contributed by atoms with E-state index in [1.807, 2.05) is 48.5 Å². The zero-order valence-electron chi connectivity index (χ0n) is 16.6. The minimum absolute atomic E-state index is 0.507. The lowest BCUT2D eigenvalue weighted by molar-refractivity contribution is 0.306. The molecule has 0 spiro atoms. The topological polar surface area (TPSA) is 34.1 Å². The van der Waals surface area contributed by atoms with Crippen molar-refractivity contribution in [2.45, 2.75) is 6.61 Å². The maximum absolute atomic E-state index is 6.27. The maximum atomic E-state index is 6.27. The van der Waals surface area contributed by atoms with Gasteiger partial charge in [0.2, 0.25) is 0 Å². The van der Waals surface area contributed by atoms with Crippen LogP contribution in [0.2, 0.25) is 5.02 Å². The average Bonchev–Trinajstić information content (AvgIpc) is 2.91. The Kier molecular flexibility index (Phi) is 5.72. The predicted octanol–water partition coefficient (Wildman–Crippen LogP) is 5.21. The first-order chi connectivity index (χ1) is 14.1. The summed E-state index contributed by atoms with van der Waals surface area (Å²) >= 11 is 6.27. The van der Waals surface area contributed by atoms with Gasteiger partial charge in [-0.2, -0.15) is 0 Å². The molecular weight excluding hydrogens is 384 g/mol. The molecule has 0 fully saturated rings. The van der Waals surface area contributed by atoms with Crippen LogP contribution >= 0.6 is 11.6 Å². The van der Waals surface area contributed by atoms with E-state index in [9.17, 15) is 0 Å². The summed E-state index contributed by atoms with van der Waals surface area (Å²) in [4.78, 5) is 7.05. The summed E-state index contributed by atoms with van der Waals surface area (Å²) in [6.45, 7) is 2.13. The fourth-order valence-electron chi connectivity index (χ4n) is 3.39. The zero-order chi connectivity index (χ0) is 20.2. The third-order valence-corrected chi connectivity index (χ3v) is 5.26. The Labute approximate surface area is 176 Å². The Balaban J connectivity index is 1.52. The molecule has 4 nitrogen and oxygen atoms in total. The summed E-state index contributed by atoms with van der Waals surface area (Å²) in [5, 5.41) is 0.714. The molecule has 0 aliphatic carbocycles. The first-order valence-corrected chi connectivity index (χ1v) is 9.93. The minimum Gasteiger partial charge on any atom is -0.497 e. The molecule has 0 amide bonds. The van der Waals surface area contributed by atoms with Crippen LogP contribution in [-0.4, -0.2) is 33.0 Å². The fourth-order valence-corrected chi connectivity index (χ4v) is 3.56. The Morgan fingerprint density at radius 1 is 0.966 bits per heavy atom. The highest BCUT2D eigenvalue weighted by Crippen LogP contribution is 2.29. The van der Waals surface area contributed by atoms with E-state index in [0.717, 1.165) is 52.7 Å². The quantitative estimate of drug-likeness (QED) is 0.583. The van der Waals surface area contributed by atoms with Crippen LogP contribution in [0.15, 0.2) is 71.7 Å². The third kappa shape index (κ3) is 4.38. The first-order valence-electron chi connectivity index (χ1n) is 9.56. The monoisotopic (exact) mass is 406 g/mol. The second-order valence-electron chi connectivity index (χ2n) is 6.97. The molecule has 0 aromatic heterocycles. The van der Waals surface area contributed by atoms with Gasteiger partial charge in [-0.1, -0.05) is 23.7 Å². The van der Waals surface area contributed by atoms with E-state index in [0.29, 0.717) is 11.6 Å². The molecule has 1 heterocycles. The Bertz CT molecular complexity index is 1010. The molecule has 1 aliphatic heterocycles. The minimum atomic E-state index is 0.507. The zero-order valence-corrected chi connectivity index (χ0v) is 17.3. The summed E-state index contributed by atoms with van der Waals surface area (Å²) in [5.74, 6) is 1.66. The van der Waals surface area contributed by atoms with Crippen molar-refractivity contribution in [1.82, 2.24) is 0 Å². The Morgan fingerprint density at radius 2 is 1.69 bits per heavy atom. The first kappa shape index (κ1) is 19.3. The molecule has 29 heavy (non-hydrogen) atoms. The van der Waals surface area contributed by atoms with Crippen LogP contribution in [0.5, 0.6) is 11.5 Å². The Morgan fingerprint density at radius 3 is 2.41 bits per heavy atom. The lowest BCUT2D eigenvalue weighted by Crippen LogP contribution is -2.20. The van der Waals surface area contributed by atoms with Gasteiger partial charge in [-0.25, -0.2) is 0 Å². The number of halogens is 1. The van der Waals surface area contributed by atoms with Crippen molar-refractivity contribution in [2.75, 3.05) is 32.1 Å². The van der Waals surface area contributed by atoms with Gasteiger partial charge in [0.1, 0.15) is 18.1 Å². The van der Waals surface area contributed by atoms with E-state index < -0.39 is 0 Å². The van der Waals surface area contributed by atoms with Gasteiger partial charge in [0.15, 0.2) is 0 Å². The van der Waals surface area contributed by atoms with Crippen LogP contribution in [0.25, 0.3) is 0 Å². The highest BCUT2D eigenvalue weighted by Gasteiger charge is 2.18. The van der Waals surface area contributed by atoms with Gasteiger partial charge in [-0.05, 0) is 60.2 Å². The molecule has 0 atom stereocenters. The van der Waals surface area contributed by atoms with Crippen LogP contribution in [0.3, 0.4) is 0 Å². The summed E-state index contributed by atoms with van der Waals surface area (Å²) in [7, 11) is 3.75. The van der Waals surface area contributed by atoms with Gasteiger partial charge in [-0.3, -0.25) is 4.99 Å². The van der Waals surface area contributed by atoms with Gasteiger partial charge in [0.05, 0.1) is 19.4 Å². The molecule has 0 N–H and O–H groups in total. The molecule has 3 aromatic rings. The number of hydrogen-bond acceptors (Lipinski definition) is 4. The number of likely N-dealkylation sites (N-methyl/N-ethyl adjacent to an activating group) is 1. The summed E-state index contributed by atoms with van der Waals surface area (Å²) in [5.41, 5.74) is 5.32. The summed E-state index contributed by atoms with van der Waals surface area (Å²) < 4.78 is 11.1. The Hall–Kier alpha value is -2.98. The number of methoxy groups -OCH3 is 1. The molecule has 0 saturated heterocycles. The van der Waals surface area contributed by atoms with E-state index in [4.69, 9.17) is 26.1 Å². The average molecular weight is 407 g/mol. The van der Waals surface area contributed by atoms with Crippen LogP contribution < -0.4 is 14.4 Å². The second-order valence-corrected chi connectivity index (χ2v) is 7.41. The lowest BCUT2D eigenvalue weighted by atomic mass is 10.00. The van der Waals surface area contributed by atoms with E-state index in [-0.39, 0.29) is 0 Å². The normalized spacial score (nSPS) is 13.3. The molecule has 5 heteroatoms. The molecule has 1 aliphatic rings. The van der Waals surface area contributed by atoms with Crippen molar-refractivity contribution in [3.63, 3.8) is 0 Å². The molecule has 4 rings (SSSR count). The van der Waals surface area contributed by atoms with E-state index in [2.05, 4.69) is 30.1 Å². The highest BCUT2D eigenvalue weighted by atomic mass is 35.5. The maximum Gasteiger partial charge on any atom is 0.119 e. The van der Waals surface area contributed by atoms with Crippen molar-refractivity contribution < 1.29 is 9.47 Å². The van der Waals surface area contributed by atoms with Crippen LogP contribution in [0.1, 0.15) is 16.7 Å². The third-order valence-electron chi connectivity index (χ3n) is 5.02. The van der Waals surface area contributed by atoms with Gasteiger partial charge in [-0.15, -0.1) is 0 Å². The van der Waals surface area contributed by atoms with Crippen LogP contribution in [-0.2, 0) is 6.61 Å². The number of nitrogens with zero attached hydrogens (tertiary/aromatic N) is 2. The van der Waals surface area contributed by atoms with Gasteiger partial charge >= 0.3 is 0 Å². The second kappa shape index (κ2) is 8.58. The molecule has 0 radical (unpaired) electrons. The SMILES string of the molecule is COc1ccc(COc2ccc(C3=NCCN(C)c4ccc(Cl)cc43)cc2)cc1. The molecule has 3 aromatic carbocycles. The number of benzene rings is 3. The molecule has 0 saturated carbocycles. The van der Waals surface area contributed by atoms with Crippen LogP contribution in [0.4, 0.5) is 5.69 Å². The standard InChI is InChI=1S/C24H23ClN2O2/c1-27-14-13-26-24(22-15-19(25)7-12-23(22)27)18-5-10-21(11-6-18)29-16-17-3-8-20(28-2)9-4-17/h3-12,15H,13-14,16H2,1-2H3. The van der Waals surface area contributed by atoms with E-state index in [1.165, 1.54) is 0 Å². The smallest absolute Gasteiger partial charge is 0.119 e. The molecule has 148 valence electrons. The van der Waals surface area contributed by atoms with E-state index in [1.54, 1.807) is 7.11 Å². The summed E-state index contributed by atoms with van der Waals surface area (Å²) in [6, 6.07) is 21.9. The van der Waals surface area contributed by atoms with Crippen molar-refractivity contribution in [3.8, 4) is 11.5 Å². The number of benzodiazepines with no additional fused rings is 1. The molecular formula is C24H23ClN2O2. The predicted molar refractivity (Wildman–Crippen MR) is 119 cm³/mol. The number of rotatable bonds is 5. The number of ether oxygens (including phenoxy) is 2. The fraction of sp³-hybridized carbons (Fsp3) is 0.208. The number of anilines is 1. The highest BCUT2D eigenvalue weighted by molar-refractivity contribution is 6.31. The van der Waals surface area contributed by atoms with Crippen molar-refractivity contribution in [3.05, 3.63) is 88.4 Å². The molecule has 0 unspecified atom stereocenters. The number of aliphatic imine (C=N–C) groups is 1. The largest absolute Gasteiger partial charge is 0.497 e. The van der Waals surface area contributed by atoms with Gasteiger partial charge in [0.25, 0.3) is 0 Å². The summed E-state index contributed by atoms with van der Waals surface area (Å²) in [6.07, 6.45) is 0. The molecule has 0 bridgehead atoms. The lowest BCUT2D eigenvalue weighted by Gasteiger charge is -2.19. The van der Waals surface area contributed by atoms with Crippen molar-refractivity contribution >= 4 is 23.0 Å². The van der Waals surface area contributed by atoms with E-state index >= 15 is 0 Å². The van der Waals surface area contributed by atoms with Gasteiger partial charge in [0, 0.05) is 35.4 Å².